The molecule has 0 aromatic heterocycles. The third-order valence-electron chi connectivity index (χ3n) is 4.23. The van der Waals surface area contributed by atoms with E-state index in [-0.39, 0.29) is 17.7 Å². The fourth-order valence-corrected chi connectivity index (χ4v) is 3.24. The summed E-state index contributed by atoms with van der Waals surface area (Å²) in [5.41, 5.74) is 1.70. The predicted octanol–water partition coefficient (Wildman–Crippen LogP) is 2.98. The van der Waals surface area contributed by atoms with Crippen LogP contribution in [0.25, 0.3) is 0 Å². The molecule has 3 rings (SSSR count). The third-order valence-corrected chi connectivity index (χ3v) is 4.77. The molecule has 1 aliphatic rings. The summed E-state index contributed by atoms with van der Waals surface area (Å²) >= 11 is 2.43. The van der Waals surface area contributed by atoms with Crippen molar-refractivity contribution < 1.29 is 36.9 Å². The second-order valence-corrected chi connectivity index (χ2v) is 6.79. The first-order valence-electron chi connectivity index (χ1n) is 8.22. The predicted molar refractivity (Wildman–Crippen MR) is 95.7 cm³/mol. The topological polar surface area (TPSA) is 55.8 Å². The molecule has 26 heavy (non-hydrogen) atoms. The molecular formula is C20H19NO4Ru+. The Labute approximate surface area is 162 Å². The molecule has 0 saturated heterocycles. The van der Waals surface area contributed by atoms with Crippen molar-refractivity contribution in [2.45, 2.75) is 20.0 Å². The average molecular weight is 438 g/mol. The first kappa shape index (κ1) is 18.5. The van der Waals surface area contributed by atoms with Gasteiger partial charge in [-0.05, 0) is 0 Å². The number of anilines is 1. The van der Waals surface area contributed by atoms with Crippen LogP contribution in [0.15, 0.2) is 42.5 Å². The van der Waals surface area contributed by atoms with Crippen LogP contribution in [0.1, 0.15) is 29.8 Å². The van der Waals surface area contributed by atoms with E-state index in [1.54, 1.807) is 43.5 Å². The molecule has 2 aromatic rings. The summed E-state index contributed by atoms with van der Waals surface area (Å²) in [7, 11) is 1.56. The molecule has 0 saturated carbocycles. The zero-order valence-electron chi connectivity index (χ0n) is 14.7. The summed E-state index contributed by atoms with van der Waals surface area (Å²) in [6.07, 6.45) is -0.711. The molecule has 0 N–H and O–H groups in total. The van der Waals surface area contributed by atoms with Gasteiger partial charge in [-0.25, -0.2) is 0 Å². The maximum atomic E-state index is 13.1. The van der Waals surface area contributed by atoms with E-state index >= 15 is 0 Å². The summed E-state index contributed by atoms with van der Waals surface area (Å²) in [5.74, 6) is 0.396. The van der Waals surface area contributed by atoms with E-state index in [1.807, 2.05) is 24.5 Å². The quantitative estimate of drug-likeness (QED) is 0.544. The van der Waals surface area contributed by atoms with Gasteiger partial charge in [0.15, 0.2) is 0 Å². The molecule has 5 nitrogen and oxygen atoms in total. The van der Waals surface area contributed by atoms with E-state index in [2.05, 4.69) is 17.9 Å². The van der Waals surface area contributed by atoms with Gasteiger partial charge in [0.05, 0.1) is 0 Å². The molecular weight excluding hydrogens is 419 g/mol. The Balaban J connectivity index is 2.10. The normalized spacial score (nSPS) is 16.1. The molecule has 0 aliphatic carbocycles. The molecule has 1 atom stereocenters. The summed E-state index contributed by atoms with van der Waals surface area (Å²) in [5, 5.41) is 0. The molecule has 1 aliphatic heterocycles. The molecule has 1 heterocycles. The van der Waals surface area contributed by atoms with Crippen LogP contribution in [-0.2, 0) is 22.6 Å². The van der Waals surface area contributed by atoms with Crippen molar-refractivity contribution >= 4 is 22.1 Å². The Morgan fingerprint density at radius 1 is 1.23 bits per heavy atom. The van der Waals surface area contributed by atoms with Crippen LogP contribution in [0.4, 0.5) is 5.69 Å². The van der Waals surface area contributed by atoms with Crippen molar-refractivity contribution in [2.75, 3.05) is 12.0 Å². The Hall–Kier alpha value is -2.33. The number of nitrogens with zero attached hydrogens (tertiary/aromatic N) is 1. The van der Waals surface area contributed by atoms with Crippen LogP contribution in [0, 0.1) is 5.92 Å². The summed E-state index contributed by atoms with van der Waals surface area (Å²) in [4.78, 5) is 27.4. The van der Waals surface area contributed by atoms with Gasteiger partial charge in [0.1, 0.15) is 0 Å². The Kier molecular flexibility index (Phi) is 5.33. The van der Waals surface area contributed by atoms with Crippen LogP contribution < -0.4 is 14.4 Å². The van der Waals surface area contributed by atoms with Gasteiger partial charge in [-0.2, -0.15) is 0 Å². The summed E-state index contributed by atoms with van der Waals surface area (Å²) < 4.78 is 12.9. The van der Waals surface area contributed by atoms with Gasteiger partial charge in [0.2, 0.25) is 0 Å². The SMILES string of the molecule is COc1ccc(C(=O)N2C(=O)C(C(C)C)Oc3c([CH]=[Ru+])cccc32)cc1. The van der Waals surface area contributed by atoms with Crippen molar-refractivity contribution in [3.8, 4) is 11.5 Å². The maximum absolute atomic E-state index is 13.1. The molecule has 0 spiro atoms. The Morgan fingerprint density at radius 2 is 1.92 bits per heavy atom. The number of para-hydroxylation sites is 1. The number of ether oxygens (including phenoxy) is 2. The third kappa shape index (κ3) is 3.22. The van der Waals surface area contributed by atoms with Gasteiger partial charge >= 0.3 is 162 Å². The standard InChI is InChI=1S/C20H19NO4.Ru/c1-12(2)17-20(23)21(16-7-5-6-13(3)18(16)25-17)19(22)14-8-10-15(24-4)11-9-14;/h3,5-12,17H,1-2,4H3;/q;+1. The van der Waals surface area contributed by atoms with E-state index in [9.17, 15) is 9.59 Å². The van der Waals surface area contributed by atoms with Gasteiger partial charge in [0.25, 0.3) is 0 Å². The van der Waals surface area contributed by atoms with Crippen molar-refractivity contribution in [2.24, 2.45) is 5.92 Å². The van der Waals surface area contributed by atoms with Gasteiger partial charge in [-0.15, -0.1) is 0 Å². The van der Waals surface area contributed by atoms with Gasteiger partial charge < -0.3 is 0 Å². The fraction of sp³-hybridized carbons (Fsp3) is 0.250. The Morgan fingerprint density at radius 3 is 2.50 bits per heavy atom. The summed E-state index contributed by atoms with van der Waals surface area (Å²) in [6, 6.07) is 12.1. The van der Waals surface area contributed by atoms with Crippen LogP contribution in [-0.4, -0.2) is 29.6 Å². The van der Waals surface area contributed by atoms with Crippen molar-refractivity contribution in [3.63, 3.8) is 0 Å². The van der Waals surface area contributed by atoms with E-state index < -0.39 is 6.10 Å². The number of imide groups is 1. The first-order valence-corrected chi connectivity index (χ1v) is 9.22. The minimum absolute atomic E-state index is 0.0689. The van der Waals surface area contributed by atoms with Crippen LogP contribution in [0.2, 0.25) is 0 Å². The monoisotopic (exact) mass is 439 g/mol. The summed E-state index contributed by atoms with van der Waals surface area (Å²) in [6.45, 7) is 3.80. The number of carbonyl (C=O) groups is 2. The van der Waals surface area contributed by atoms with Gasteiger partial charge in [-0.1, -0.05) is 0 Å². The zero-order chi connectivity index (χ0) is 18.8. The number of methoxy groups -OCH3 is 1. The second-order valence-electron chi connectivity index (χ2n) is 6.29. The number of rotatable bonds is 4. The number of carbonyl (C=O) groups excluding carboxylic acids is 2. The fourth-order valence-electron chi connectivity index (χ4n) is 2.84. The minimum atomic E-state index is -0.711. The molecule has 0 radical (unpaired) electrons. The number of benzene rings is 2. The van der Waals surface area contributed by atoms with Crippen molar-refractivity contribution in [1.82, 2.24) is 0 Å². The first-order chi connectivity index (χ1) is 12.5. The molecule has 1 unspecified atom stereocenters. The van der Waals surface area contributed by atoms with Crippen LogP contribution in [0.3, 0.4) is 0 Å². The van der Waals surface area contributed by atoms with Crippen molar-refractivity contribution in [1.29, 1.82) is 0 Å². The van der Waals surface area contributed by atoms with Gasteiger partial charge in [0, 0.05) is 0 Å². The molecule has 135 valence electrons. The van der Waals surface area contributed by atoms with E-state index in [4.69, 9.17) is 9.47 Å². The molecule has 6 heteroatoms. The number of hydrogen-bond donors (Lipinski definition) is 0. The number of hydrogen-bond acceptors (Lipinski definition) is 4. The van der Waals surface area contributed by atoms with Crippen LogP contribution in [0.5, 0.6) is 11.5 Å². The number of amides is 2. The zero-order valence-corrected chi connectivity index (χ0v) is 16.4. The van der Waals surface area contributed by atoms with Crippen LogP contribution >= 0.6 is 0 Å². The van der Waals surface area contributed by atoms with E-state index in [0.717, 1.165) is 5.56 Å². The number of fused-ring (bicyclic) bond motifs is 1. The molecule has 0 fully saturated rings. The van der Waals surface area contributed by atoms with E-state index in [1.165, 1.54) is 4.90 Å². The van der Waals surface area contributed by atoms with Gasteiger partial charge in [-0.3, -0.25) is 0 Å². The average Bonchev–Trinajstić information content (AvgIpc) is 2.66. The molecule has 0 bridgehead atoms. The van der Waals surface area contributed by atoms with Crippen molar-refractivity contribution in [3.05, 3.63) is 53.6 Å². The Bertz CT molecular complexity index is 861. The molecule has 2 amide bonds. The van der Waals surface area contributed by atoms with E-state index in [0.29, 0.717) is 22.7 Å². The second kappa shape index (κ2) is 7.50. The molecule has 2 aromatic carbocycles.